The molecule has 0 atom stereocenters. The van der Waals surface area contributed by atoms with E-state index >= 15 is 0 Å². The molecule has 0 N–H and O–H groups in total. The van der Waals surface area contributed by atoms with Gasteiger partial charge in [-0.3, -0.25) is 4.79 Å². The van der Waals surface area contributed by atoms with Crippen LogP contribution in [0.1, 0.15) is 10.4 Å². The average molecular weight is 327 g/mol. The van der Waals surface area contributed by atoms with E-state index in [2.05, 4.69) is 5.10 Å². The largest absolute Gasteiger partial charge is 0.484 e. The zero-order valence-electron chi connectivity index (χ0n) is 12.8. The van der Waals surface area contributed by atoms with Gasteiger partial charge in [-0.1, -0.05) is 23.8 Å². The van der Waals surface area contributed by atoms with Crippen LogP contribution in [-0.4, -0.2) is 22.4 Å². The van der Waals surface area contributed by atoms with Gasteiger partial charge in [0.1, 0.15) is 5.75 Å². The molecular weight excluding hydrogens is 310 g/mol. The third-order valence-electron chi connectivity index (χ3n) is 3.29. The van der Waals surface area contributed by atoms with Gasteiger partial charge in [0.25, 0.3) is 5.91 Å². The van der Waals surface area contributed by atoms with Gasteiger partial charge < -0.3 is 4.74 Å². The van der Waals surface area contributed by atoms with Crippen molar-refractivity contribution >= 4 is 17.2 Å². The van der Waals surface area contributed by atoms with Crippen molar-refractivity contribution in [3.05, 3.63) is 70.7 Å². The molecule has 0 saturated heterocycles. The number of amides is 1. The fourth-order valence-electron chi connectivity index (χ4n) is 2.08. The molecule has 0 fully saturated rings. The fraction of sp³-hybridized carbons (Fsp3) is 0.176. The summed E-state index contributed by atoms with van der Waals surface area (Å²) < 4.78 is 5.59. The molecule has 0 aliphatic rings. The maximum absolute atomic E-state index is 12.6. The molecule has 0 saturated carbocycles. The molecule has 0 aliphatic carbocycles. The number of carbonyl (C=O) groups is 1. The summed E-state index contributed by atoms with van der Waals surface area (Å²) in [7, 11) is 0. The second kappa shape index (κ2) is 7.11. The van der Waals surface area contributed by atoms with Gasteiger partial charge >= 0.3 is 0 Å². The fourth-order valence-corrected chi connectivity index (χ4v) is 2.77. The molecule has 118 valence electrons. The Labute approximate surface area is 138 Å². The van der Waals surface area contributed by atoms with Crippen molar-refractivity contribution in [3.63, 3.8) is 0 Å². The van der Waals surface area contributed by atoms with Crippen molar-refractivity contribution in [2.24, 2.45) is 0 Å². The maximum Gasteiger partial charge on any atom is 0.280 e. The molecule has 0 bridgehead atoms. The highest BCUT2D eigenvalue weighted by molar-refractivity contribution is 7.09. The summed E-state index contributed by atoms with van der Waals surface area (Å²) in [6.45, 7) is 2.44. The topological polar surface area (TPSA) is 47.4 Å². The number of aryl methyl sites for hydroxylation is 1. The lowest BCUT2D eigenvalue weighted by Crippen LogP contribution is -2.42. The first-order valence-corrected chi connectivity index (χ1v) is 8.12. The molecule has 6 heteroatoms. The lowest BCUT2D eigenvalue weighted by Gasteiger charge is -2.21. The van der Waals surface area contributed by atoms with E-state index in [1.165, 1.54) is 0 Å². The van der Waals surface area contributed by atoms with E-state index in [1.54, 1.807) is 39.6 Å². The van der Waals surface area contributed by atoms with Crippen LogP contribution >= 0.6 is 11.3 Å². The van der Waals surface area contributed by atoms with Crippen molar-refractivity contribution in [2.75, 3.05) is 11.6 Å². The Morgan fingerprint density at radius 3 is 2.74 bits per heavy atom. The highest BCUT2D eigenvalue weighted by Crippen LogP contribution is 2.13. The average Bonchev–Trinajstić information content (AvgIpc) is 3.25. The molecule has 1 amide bonds. The van der Waals surface area contributed by atoms with E-state index < -0.39 is 0 Å². The molecule has 2 aromatic heterocycles. The van der Waals surface area contributed by atoms with Crippen LogP contribution in [-0.2, 0) is 11.3 Å². The van der Waals surface area contributed by atoms with Crippen LogP contribution < -0.4 is 9.75 Å². The van der Waals surface area contributed by atoms with Crippen LogP contribution in [0.5, 0.6) is 5.75 Å². The normalized spacial score (nSPS) is 10.5. The molecule has 0 aliphatic heterocycles. The molecule has 1 aromatic carbocycles. The van der Waals surface area contributed by atoms with Crippen molar-refractivity contribution in [1.29, 1.82) is 0 Å². The van der Waals surface area contributed by atoms with E-state index in [9.17, 15) is 4.79 Å². The Morgan fingerprint density at radius 1 is 1.26 bits per heavy atom. The molecular formula is C17H17N3O2S. The van der Waals surface area contributed by atoms with Crippen molar-refractivity contribution in [1.82, 2.24) is 9.89 Å². The first kappa shape index (κ1) is 15.3. The number of nitrogens with zero attached hydrogens (tertiary/aromatic N) is 3. The smallest absolute Gasteiger partial charge is 0.280 e. The summed E-state index contributed by atoms with van der Waals surface area (Å²) >= 11 is 1.61. The van der Waals surface area contributed by atoms with E-state index in [1.807, 2.05) is 48.7 Å². The highest BCUT2D eigenvalue weighted by Gasteiger charge is 2.17. The summed E-state index contributed by atoms with van der Waals surface area (Å²) in [6, 6.07) is 13.4. The van der Waals surface area contributed by atoms with Crippen LogP contribution in [0.3, 0.4) is 0 Å². The number of hydrogen-bond acceptors (Lipinski definition) is 4. The molecule has 0 spiro atoms. The van der Waals surface area contributed by atoms with Gasteiger partial charge in [0.15, 0.2) is 6.61 Å². The van der Waals surface area contributed by atoms with Gasteiger partial charge in [-0.25, -0.2) is 5.01 Å². The number of benzene rings is 1. The molecule has 2 heterocycles. The lowest BCUT2D eigenvalue weighted by molar-refractivity contribution is -0.122. The van der Waals surface area contributed by atoms with Crippen LogP contribution in [0.15, 0.2) is 60.2 Å². The molecule has 3 aromatic rings. The summed E-state index contributed by atoms with van der Waals surface area (Å²) in [5.41, 5.74) is 1.15. The highest BCUT2D eigenvalue weighted by atomic mass is 32.1. The van der Waals surface area contributed by atoms with E-state index in [-0.39, 0.29) is 12.5 Å². The maximum atomic E-state index is 12.6. The number of rotatable bonds is 6. The zero-order valence-corrected chi connectivity index (χ0v) is 13.6. The van der Waals surface area contributed by atoms with Gasteiger partial charge in [-0.05, 0) is 36.6 Å². The third-order valence-corrected chi connectivity index (χ3v) is 4.16. The lowest BCUT2D eigenvalue weighted by atomic mass is 10.2. The minimum absolute atomic E-state index is 0.0334. The van der Waals surface area contributed by atoms with E-state index in [4.69, 9.17) is 4.74 Å². The zero-order chi connectivity index (χ0) is 16.1. The first-order chi connectivity index (χ1) is 11.2. The quantitative estimate of drug-likeness (QED) is 0.699. The number of thiophene rings is 1. The van der Waals surface area contributed by atoms with Gasteiger partial charge in [0, 0.05) is 11.1 Å². The number of hydrogen-bond donors (Lipinski definition) is 0. The second-order valence-corrected chi connectivity index (χ2v) is 6.09. The van der Waals surface area contributed by atoms with Crippen LogP contribution in [0.2, 0.25) is 0 Å². The van der Waals surface area contributed by atoms with Crippen LogP contribution in [0.25, 0.3) is 0 Å². The Kier molecular flexibility index (Phi) is 4.73. The molecule has 3 rings (SSSR count). The van der Waals surface area contributed by atoms with E-state index in [0.717, 1.165) is 10.4 Å². The summed E-state index contributed by atoms with van der Waals surface area (Å²) in [4.78, 5) is 15.2. The monoisotopic (exact) mass is 327 g/mol. The van der Waals surface area contributed by atoms with E-state index in [0.29, 0.717) is 12.3 Å². The van der Waals surface area contributed by atoms with Crippen molar-refractivity contribution in [3.8, 4) is 5.75 Å². The van der Waals surface area contributed by atoms with Crippen molar-refractivity contribution < 1.29 is 9.53 Å². The predicted molar refractivity (Wildman–Crippen MR) is 90.1 cm³/mol. The predicted octanol–water partition coefficient (Wildman–Crippen LogP) is 3.00. The molecule has 0 unspecified atom stereocenters. The van der Waals surface area contributed by atoms with Crippen LogP contribution in [0, 0.1) is 6.92 Å². The minimum atomic E-state index is -0.150. The van der Waals surface area contributed by atoms with Crippen LogP contribution in [0.4, 0.5) is 0 Å². The van der Waals surface area contributed by atoms with Gasteiger partial charge in [0.05, 0.1) is 12.7 Å². The number of carbonyl (C=O) groups excluding carboxylic acids is 1. The summed E-state index contributed by atoms with van der Waals surface area (Å²) in [5.74, 6) is 0.531. The number of aromatic nitrogens is 2. The van der Waals surface area contributed by atoms with Gasteiger partial charge in [-0.2, -0.15) is 9.89 Å². The Bertz CT molecular complexity index is 737. The SMILES string of the molecule is Cc1ccc(OCC(=O)N(Cc2cccs2)n2cccn2)cc1. The Hall–Kier alpha value is -2.60. The standard InChI is InChI=1S/C17H17N3O2S/c1-14-5-7-15(8-6-14)22-13-17(21)19(20-10-3-9-18-20)12-16-4-2-11-23-16/h2-11H,12-13H2,1H3. The molecule has 23 heavy (non-hydrogen) atoms. The minimum Gasteiger partial charge on any atom is -0.484 e. The van der Waals surface area contributed by atoms with Gasteiger partial charge in [0.2, 0.25) is 0 Å². The Morgan fingerprint density at radius 2 is 2.09 bits per heavy atom. The summed E-state index contributed by atoms with van der Waals surface area (Å²) in [6.07, 6.45) is 3.40. The second-order valence-electron chi connectivity index (χ2n) is 5.06. The summed E-state index contributed by atoms with van der Waals surface area (Å²) in [5, 5.41) is 7.72. The first-order valence-electron chi connectivity index (χ1n) is 7.24. The molecule has 5 nitrogen and oxygen atoms in total. The third kappa shape index (κ3) is 3.98. The molecule has 0 radical (unpaired) electrons. The Balaban J connectivity index is 1.68. The number of ether oxygens (including phenoxy) is 1. The van der Waals surface area contributed by atoms with Crippen molar-refractivity contribution in [2.45, 2.75) is 13.5 Å². The van der Waals surface area contributed by atoms with Gasteiger partial charge in [-0.15, -0.1) is 11.3 Å².